The van der Waals surface area contributed by atoms with Crippen molar-refractivity contribution in [1.29, 1.82) is 0 Å². The largest absolute Gasteiger partial charge is 0.618 e. The maximum Gasteiger partial charge on any atom is 0.323 e. The first-order valence-corrected chi connectivity index (χ1v) is 12.1. The summed E-state index contributed by atoms with van der Waals surface area (Å²) < 4.78 is 32.6. The van der Waals surface area contributed by atoms with E-state index in [1.54, 1.807) is 6.07 Å². The highest BCUT2D eigenvalue weighted by Gasteiger charge is 2.55. The molecule has 0 radical (unpaired) electrons. The lowest BCUT2D eigenvalue weighted by Crippen LogP contribution is -2.52. The molecule has 2 saturated heterocycles. The maximum atomic E-state index is 13.3. The molecule has 4 heterocycles. The fraction of sp³-hybridized carbons (Fsp3) is 0.429. The molecule has 2 fully saturated rings. The standard InChI is InChI=1S/C21H24N4O7S/c1-2-6-14(22-20(27)17-7-5-12-32-17)21(28)23-11-9-15-19(23)16(26)13-25(15)33(30,31)18-8-3-4-10-24(18)29/h3-5,7-8,10,12,14-15,19H,2,6,9,11,13H2,1H3,(H,22,27). The number of furan rings is 1. The number of hydrogen-bond acceptors (Lipinski definition) is 7. The fourth-order valence-electron chi connectivity index (χ4n) is 4.46. The lowest BCUT2D eigenvalue weighted by molar-refractivity contribution is -0.646. The zero-order valence-corrected chi connectivity index (χ0v) is 18.7. The second-order valence-electron chi connectivity index (χ2n) is 8.01. The molecule has 0 spiro atoms. The fourth-order valence-corrected chi connectivity index (χ4v) is 6.11. The number of nitrogens with zero attached hydrogens (tertiary/aromatic N) is 3. The van der Waals surface area contributed by atoms with Gasteiger partial charge in [-0.15, -0.1) is 0 Å². The van der Waals surface area contributed by atoms with Crippen LogP contribution in [0.2, 0.25) is 0 Å². The van der Waals surface area contributed by atoms with Crippen LogP contribution in [0.1, 0.15) is 36.7 Å². The van der Waals surface area contributed by atoms with Crippen molar-refractivity contribution in [2.75, 3.05) is 13.1 Å². The van der Waals surface area contributed by atoms with Crippen LogP contribution in [0.3, 0.4) is 0 Å². The Balaban J connectivity index is 1.55. The van der Waals surface area contributed by atoms with Gasteiger partial charge in [0.1, 0.15) is 12.1 Å². The number of likely N-dealkylation sites (tertiary alicyclic amines) is 1. The number of aromatic nitrogens is 1. The van der Waals surface area contributed by atoms with E-state index in [-0.39, 0.29) is 23.5 Å². The number of pyridine rings is 1. The third kappa shape index (κ3) is 4.11. The van der Waals surface area contributed by atoms with Crippen molar-refractivity contribution in [2.24, 2.45) is 0 Å². The molecule has 3 unspecified atom stereocenters. The predicted octanol–water partition coefficient (Wildman–Crippen LogP) is 0.0546. The zero-order chi connectivity index (χ0) is 23.8. The van der Waals surface area contributed by atoms with Gasteiger partial charge in [-0.05, 0) is 31.0 Å². The molecule has 0 aromatic carbocycles. The molecule has 1 N–H and O–H groups in total. The lowest BCUT2D eigenvalue weighted by Gasteiger charge is -2.28. The number of rotatable bonds is 7. The first-order chi connectivity index (χ1) is 15.8. The molecule has 0 saturated carbocycles. The van der Waals surface area contributed by atoms with Gasteiger partial charge in [-0.25, -0.2) is 8.42 Å². The van der Waals surface area contributed by atoms with Crippen LogP contribution in [0.15, 0.2) is 52.2 Å². The maximum absolute atomic E-state index is 13.3. The van der Waals surface area contributed by atoms with Gasteiger partial charge in [0.15, 0.2) is 17.7 Å². The Morgan fingerprint density at radius 2 is 2.09 bits per heavy atom. The van der Waals surface area contributed by atoms with E-state index in [1.807, 2.05) is 6.92 Å². The highest BCUT2D eigenvalue weighted by Crippen LogP contribution is 2.33. The first kappa shape index (κ1) is 22.9. The lowest BCUT2D eigenvalue weighted by atomic mass is 10.1. The van der Waals surface area contributed by atoms with Crippen LogP contribution in [-0.4, -0.2) is 66.4 Å². The van der Waals surface area contributed by atoms with E-state index in [1.165, 1.54) is 35.4 Å². The quantitative estimate of drug-likeness (QED) is 0.439. The number of ketones is 1. The summed E-state index contributed by atoms with van der Waals surface area (Å²) in [5.74, 6) is -1.36. The van der Waals surface area contributed by atoms with Gasteiger partial charge >= 0.3 is 15.0 Å². The van der Waals surface area contributed by atoms with Crippen LogP contribution in [0, 0.1) is 5.21 Å². The molecular formula is C21H24N4O7S. The molecule has 4 rings (SSSR count). The number of fused-ring (bicyclic) bond motifs is 1. The van der Waals surface area contributed by atoms with Crippen molar-refractivity contribution >= 4 is 27.6 Å². The molecule has 0 aliphatic carbocycles. The van der Waals surface area contributed by atoms with E-state index in [2.05, 4.69) is 5.32 Å². The van der Waals surface area contributed by atoms with Gasteiger partial charge in [-0.1, -0.05) is 13.3 Å². The molecule has 0 bridgehead atoms. The van der Waals surface area contributed by atoms with E-state index in [0.717, 1.165) is 10.5 Å². The summed E-state index contributed by atoms with van der Waals surface area (Å²) in [4.78, 5) is 39.9. The Morgan fingerprint density at radius 1 is 1.30 bits per heavy atom. The topological polar surface area (TPSA) is 144 Å². The summed E-state index contributed by atoms with van der Waals surface area (Å²) in [5.41, 5.74) is 0. The molecule has 33 heavy (non-hydrogen) atoms. The van der Waals surface area contributed by atoms with Crippen LogP contribution in [-0.2, 0) is 19.6 Å². The molecule has 2 aliphatic rings. The minimum atomic E-state index is -4.24. The van der Waals surface area contributed by atoms with Gasteiger partial charge in [0.2, 0.25) is 5.91 Å². The van der Waals surface area contributed by atoms with Crippen LogP contribution >= 0.6 is 0 Å². The van der Waals surface area contributed by atoms with Crippen LogP contribution in [0.25, 0.3) is 0 Å². The van der Waals surface area contributed by atoms with Gasteiger partial charge in [-0.3, -0.25) is 14.4 Å². The SMILES string of the molecule is CCCC(NC(=O)c1ccco1)C(=O)N1CCC2C1C(=O)CN2S(=O)(=O)c1cccc[n+]1[O-]. The predicted molar refractivity (Wildman–Crippen MR) is 113 cm³/mol. The smallest absolute Gasteiger partial charge is 0.323 e. The minimum absolute atomic E-state index is 0.0613. The van der Waals surface area contributed by atoms with Crippen molar-refractivity contribution in [3.05, 3.63) is 53.8 Å². The number of nitrogens with one attached hydrogen (secondary N) is 1. The van der Waals surface area contributed by atoms with Crippen LogP contribution in [0.5, 0.6) is 0 Å². The Bertz CT molecular complexity index is 1170. The highest BCUT2D eigenvalue weighted by molar-refractivity contribution is 7.89. The second-order valence-corrected chi connectivity index (χ2v) is 9.84. The van der Waals surface area contributed by atoms with Crippen molar-refractivity contribution < 1.29 is 31.9 Å². The second kappa shape index (κ2) is 8.94. The third-order valence-corrected chi connectivity index (χ3v) is 7.81. The number of carbonyl (C=O) groups is 3. The van der Waals surface area contributed by atoms with E-state index in [0.29, 0.717) is 12.8 Å². The van der Waals surface area contributed by atoms with E-state index in [4.69, 9.17) is 4.42 Å². The summed E-state index contributed by atoms with van der Waals surface area (Å²) in [6.45, 7) is 1.60. The van der Waals surface area contributed by atoms with Crippen LogP contribution < -0.4 is 10.0 Å². The van der Waals surface area contributed by atoms with Gasteiger partial charge in [0, 0.05) is 18.7 Å². The molecular weight excluding hydrogens is 452 g/mol. The summed E-state index contributed by atoms with van der Waals surface area (Å²) in [7, 11) is -4.24. The summed E-state index contributed by atoms with van der Waals surface area (Å²) in [6, 6.07) is 4.43. The molecule has 12 heteroatoms. The van der Waals surface area contributed by atoms with E-state index in [9.17, 15) is 28.0 Å². The van der Waals surface area contributed by atoms with Gasteiger partial charge in [0.05, 0.1) is 18.8 Å². The highest BCUT2D eigenvalue weighted by atomic mass is 32.2. The average molecular weight is 477 g/mol. The number of Topliss-reactive ketones (excluding diaryl/α,β-unsaturated/α-hetero) is 1. The van der Waals surface area contributed by atoms with Crippen LogP contribution in [0.4, 0.5) is 0 Å². The molecule has 2 aromatic heterocycles. The van der Waals surface area contributed by atoms with Crippen molar-refractivity contribution in [3.63, 3.8) is 0 Å². The molecule has 11 nitrogen and oxygen atoms in total. The van der Waals surface area contributed by atoms with Gasteiger partial charge < -0.3 is 19.8 Å². The summed E-state index contributed by atoms with van der Waals surface area (Å²) in [6.07, 6.45) is 3.61. The van der Waals surface area contributed by atoms with Crippen molar-refractivity contribution in [2.45, 2.75) is 49.3 Å². The van der Waals surface area contributed by atoms with Crippen molar-refractivity contribution in [1.82, 2.24) is 14.5 Å². The molecule has 2 aliphatic heterocycles. The monoisotopic (exact) mass is 476 g/mol. The molecule has 2 amide bonds. The van der Waals surface area contributed by atoms with Crippen molar-refractivity contribution in [3.8, 4) is 0 Å². The Labute approximate surface area is 190 Å². The average Bonchev–Trinajstić information content (AvgIpc) is 3.52. The first-order valence-electron chi connectivity index (χ1n) is 10.6. The van der Waals surface area contributed by atoms with E-state index < -0.39 is 57.3 Å². The molecule has 3 atom stereocenters. The zero-order valence-electron chi connectivity index (χ0n) is 17.9. The Hall–Kier alpha value is -3.25. The third-order valence-electron chi connectivity index (χ3n) is 5.95. The summed E-state index contributed by atoms with van der Waals surface area (Å²) >= 11 is 0. The Morgan fingerprint density at radius 3 is 2.76 bits per heavy atom. The number of sulfonamides is 1. The van der Waals surface area contributed by atoms with Gasteiger partial charge in [-0.2, -0.15) is 9.04 Å². The van der Waals surface area contributed by atoms with E-state index >= 15 is 0 Å². The number of amides is 2. The minimum Gasteiger partial charge on any atom is -0.618 e. The summed E-state index contributed by atoms with van der Waals surface area (Å²) in [5, 5.41) is 14.2. The normalized spacial score (nSPS) is 21.7. The number of hydrogen-bond donors (Lipinski definition) is 1. The molecule has 2 aromatic rings. The van der Waals surface area contributed by atoms with Gasteiger partial charge in [0.25, 0.3) is 5.91 Å². The Kier molecular flexibility index (Phi) is 6.21. The molecule has 176 valence electrons. The number of carbonyl (C=O) groups excluding carboxylic acids is 3.